The second kappa shape index (κ2) is 19.6. The summed E-state index contributed by atoms with van der Waals surface area (Å²) in [5.74, 6) is -4.17. The van der Waals surface area contributed by atoms with E-state index in [4.69, 9.17) is 0 Å². The summed E-state index contributed by atoms with van der Waals surface area (Å²) >= 11 is 0. The molecule has 0 saturated heterocycles. The zero-order chi connectivity index (χ0) is 35.1. The second-order valence-corrected chi connectivity index (χ2v) is 12.4. The lowest BCUT2D eigenvalue weighted by atomic mass is 9.89. The van der Waals surface area contributed by atoms with Gasteiger partial charge in [0.25, 0.3) is 5.91 Å². The fourth-order valence-electron chi connectivity index (χ4n) is 5.82. The summed E-state index contributed by atoms with van der Waals surface area (Å²) in [4.78, 5) is 44.0. The van der Waals surface area contributed by atoms with Gasteiger partial charge in [-0.2, -0.15) is 0 Å². The molecule has 1 unspecified atom stereocenters. The van der Waals surface area contributed by atoms with Crippen molar-refractivity contribution in [3.8, 4) is 0 Å². The third-order valence-corrected chi connectivity index (χ3v) is 8.51. The number of carbonyl (C=O) groups excluding carboxylic acids is 3. The predicted octanol–water partition coefficient (Wildman–Crippen LogP) is 4.86. The van der Waals surface area contributed by atoms with Gasteiger partial charge in [-0.15, -0.1) is 0 Å². The molecule has 260 valence electrons. The molecule has 0 aliphatic heterocycles. The molecule has 0 aliphatic rings. The molecule has 2 aromatic carbocycles. The summed E-state index contributed by atoms with van der Waals surface area (Å²) in [6, 6.07) is 12.9. The molecule has 3 amide bonds. The zero-order valence-electron chi connectivity index (χ0n) is 27.9. The molecule has 11 heteroatoms. The van der Waals surface area contributed by atoms with Crippen molar-refractivity contribution in [3.63, 3.8) is 0 Å². The van der Waals surface area contributed by atoms with E-state index in [0.29, 0.717) is 24.8 Å². The normalized spacial score (nSPS) is 14.4. The van der Waals surface area contributed by atoms with E-state index in [2.05, 4.69) is 34.8 Å². The van der Waals surface area contributed by atoms with Crippen LogP contribution in [0.5, 0.6) is 0 Å². The van der Waals surface area contributed by atoms with E-state index in [-0.39, 0.29) is 24.1 Å². The highest BCUT2D eigenvalue weighted by Gasteiger charge is 2.36. The van der Waals surface area contributed by atoms with E-state index in [1.54, 1.807) is 12.1 Å². The first-order valence-corrected chi connectivity index (χ1v) is 16.7. The van der Waals surface area contributed by atoms with E-state index in [0.717, 1.165) is 43.4 Å². The maximum absolute atomic E-state index is 14.1. The monoisotopic (exact) mass is 666 g/mol. The van der Waals surface area contributed by atoms with E-state index < -0.39 is 59.6 Å². The van der Waals surface area contributed by atoms with Crippen LogP contribution in [0.3, 0.4) is 0 Å². The number of aliphatic hydroxyl groups excluding tert-OH is 2. The fourth-order valence-corrected chi connectivity index (χ4v) is 5.82. The molecule has 0 fully saturated rings. The number of benzene rings is 2. The first kappa shape index (κ1) is 38.2. The Morgan fingerprint density at radius 2 is 1.46 bits per heavy atom. The number of rotatable bonds is 19. The van der Waals surface area contributed by atoms with Gasteiger partial charge >= 0.3 is 0 Å². The maximum atomic E-state index is 14.1. The lowest BCUT2D eigenvalue weighted by Gasteiger charge is -2.32. The van der Waals surface area contributed by atoms with Crippen LogP contribution in [0.2, 0.25) is 0 Å². The minimum atomic E-state index is -1.72. The summed E-state index contributed by atoms with van der Waals surface area (Å²) < 4.78 is 28.3. The highest BCUT2D eigenvalue weighted by atomic mass is 19.1. The largest absolute Gasteiger partial charge is 0.390 e. The molecule has 5 N–H and O–H groups in total. The highest BCUT2D eigenvalue weighted by molar-refractivity contribution is 5.97. The molecule has 3 aromatic rings. The van der Waals surface area contributed by atoms with Crippen LogP contribution in [0.15, 0.2) is 73.1 Å². The number of aromatic nitrogens is 1. The van der Waals surface area contributed by atoms with Crippen molar-refractivity contribution in [2.45, 2.75) is 96.6 Å². The van der Waals surface area contributed by atoms with Crippen LogP contribution in [-0.2, 0) is 22.6 Å². The minimum Gasteiger partial charge on any atom is -0.390 e. The van der Waals surface area contributed by atoms with Crippen LogP contribution in [-0.4, -0.2) is 57.2 Å². The van der Waals surface area contributed by atoms with Crippen LogP contribution in [0.1, 0.15) is 80.8 Å². The maximum Gasteiger partial charge on any atom is 0.253 e. The van der Waals surface area contributed by atoms with Crippen molar-refractivity contribution in [1.82, 2.24) is 20.9 Å². The molecule has 3 rings (SSSR count). The fraction of sp³-hybridized carbons (Fsp3) is 0.459. The average molecular weight is 667 g/mol. The predicted molar refractivity (Wildman–Crippen MR) is 179 cm³/mol. The number of carbonyl (C=O) groups is 3. The van der Waals surface area contributed by atoms with Crippen molar-refractivity contribution < 1.29 is 33.4 Å². The first-order valence-electron chi connectivity index (χ1n) is 16.7. The van der Waals surface area contributed by atoms with E-state index in [9.17, 15) is 33.4 Å². The quantitative estimate of drug-likeness (QED) is 0.124. The Bertz CT molecular complexity index is 1420. The first-order chi connectivity index (χ1) is 23.0. The number of nitrogens with zero attached hydrogens (tertiary/aromatic N) is 1. The van der Waals surface area contributed by atoms with E-state index >= 15 is 0 Å². The Hall–Kier alpha value is -4.22. The van der Waals surface area contributed by atoms with E-state index in [1.165, 1.54) is 19.3 Å². The summed E-state index contributed by atoms with van der Waals surface area (Å²) in [5.41, 5.74) is 1.21. The highest BCUT2D eigenvalue weighted by Crippen LogP contribution is 2.22. The number of aliphatic hydroxyl groups is 2. The number of pyridine rings is 1. The van der Waals surface area contributed by atoms with Crippen molar-refractivity contribution in [2.75, 3.05) is 0 Å². The molecule has 9 nitrogen and oxygen atoms in total. The van der Waals surface area contributed by atoms with Crippen LogP contribution in [0.4, 0.5) is 8.78 Å². The molecule has 1 heterocycles. The molecule has 0 radical (unpaired) electrons. The lowest BCUT2D eigenvalue weighted by molar-refractivity contribution is -0.133. The van der Waals surface area contributed by atoms with Crippen LogP contribution < -0.4 is 16.0 Å². The number of hydrogen-bond acceptors (Lipinski definition) is 6. The third kappa shape index (κ3) is 12.1. The van der Waals surface area contributed by atoms with Gasteiger partial charge in [-0.1, -0.05) is 76.8 Å². The van der Waals surface area contributed by atoms with Gasteiger partial charge in [-0.25, -0.2) is 8.78 Å². The molecule has 48 heavy (non-hydrogen) atoms. The molecular formula is C37H48F2N4O5. The zero-order valence-corrected chi connectivity index (χ0v) is 27.9. The van der Waals surface area contributed by atoms with Gasteiger partial charge < -0.3 is 26.2 Å². The molecule has 0 bridgehead atoms. The Morgan fingerprint density at radius 3 is 2.06 bits per heavy atom. The number of halogens is 2. The summed E-state index contributed by atoms with van der Waals surface area (Å²) in [5, 5.41) is 30.8. The summed E-state index contributed by atoms with van der Waals surface area (Å²) in [6.07, 6.45) is 4.05. The molecule has 1 aromatic heterocycles. The van der Waals surface area contributed by atoms with Crippen molar-refractivity contribution in [3.05, 3.63) is 101 Å². The van der Waals surface area contributed by atoms with Gasteiger partial charge in [-0.3, -0.25) is 19.4 Å². The molecule has 0 spiro atoms. The second-order valence-electron chi connectivity index (χ2n) is 12.4. The van der Waals surface area contributed by atoms with Gasteiger partial charge in [0.15, 0.2) is 0 Å². The Labute approximate surface area is 281 Å². The SMILES string of the molecule is CCCC(CCC)CCC(NC(=O)c1cccnc1)C(=O)N[C@@H](Cc1cc(F)cc(F)c1)[C@@H](O)[C@H](O)[C@@H](C)C(=O)NCc1ccccc1. The smallest absolute Gasteiger partial charge is 0.253 e. The van der Waals surface area contributed by atoms with Crippen LogP contribution >= 0.6 is 0 Å². The molecular weight excluding hydrogens is 618 g/mol. The van der Waals surface area contributed by atoms with Gasteiger partial charge in [0, 0.05) is 25.0 Å². The van der Waals surface area contributed by atoms with Crippen molar-refractivity contribution >= 4 is 17.7 Å². The standard InChI is InChI=1S/C37H48F2N4O5/c1-4-10-25(11-5-2)15-16-31(42-36(47)28-14-9-17-40-23-28)37(48)43-32(20-27-18-29(38)21-30(39)19-27)34(45)33(44)24(3)35(46)41-22-26-12-7-6-8-13-26/h6-9,12-14,17-19,21,23-25,31-34,44-45H,4-5,10-11,15-16,20,22H2,1-3H3,(H,41,46)(H,42,47)(H,43,48)/t24-,31?,32+,33-,34-/m1/s1. The van der Waals surface area contributed by atoms with E-state index in [1.807, 2.05) is 30.3 Å². The Kier molecular flexibility index (Phi) is 15.6. The number of nitrogens with one attached hydrogen (secondary N) is 3. The summed E-state index contributed by atoms with van der Waals surface area (Å²) in [7, 11) is 0. The lowest BCUT2D eigenvalue weighted by Crippen LogP contribution is -2.57. The van der Waals surface area contributed by atoms with Crippen molar-refractivity contribution in [1.29, 1.82) is 0 Å². The molecule has 5 atom stereocenters. The Morgan fingerprint density at radius 1 is 0.792 bits per heavy atom. The van der Waals surface area contributed by atoms with Crippen LogP contribution in [0.25, 0.3) is 0 Å². The summed E-state index contributed by atoms with van der Waals surface area (Å²) in [6.45, 7) is 5.82. The van der Waals surface area contributed by atoms with Gasteiger partial charge in [0.1, 0.15) is 23.8 Å². The number of amides is 3. The van der Waals surface area contributed by atoms with Gasteiger partial charge in [0.2, 0.25) is 11.8 Å². The molecule has 0 saturated carbocycles. The Balaban J connectivity index is 1.84. The third-order valence-electron chi connectivity index (χ3n) is 8.51. The topological polar surface area (TPSA) is 141 Å². The average Bonchev–Trinajstić information content (AvgIpc) is 3.08. The van der Waals surface area contributed by atoms with Gasteiger partial charge in [0.05, 0.1) is 23.6 Å². The minimum absolute atomic E-state index is 0.118. The number of hydrogen-bond donors (Lipinski definition) is 5. The van der Waals surface area contributed by atoms with Gasteiger partial charge in [-0.05, 0) is 60.6 Å². The van der Waals surface area contributed by atoms with Crippen LogP contribution in [0, 0.1) is 23.5 Å². The molecule has 0 aliphatic carbocycles. The van der Waals surface area contributed by atoms with Crippen molar-refractivity contribution in [2.24, 2.45) is 11.8 Å².